The molecule has 1 fully saturated rings. The molecule has 1 aliphatic rings. The van der Waals surface area contributed by atoms with Crippen molar-refractivity contribution >= 4 is 12.1 Å². The van der Waals surface area contributed by atoms with Gasteiger partial charge in [-0.25, -0.2) is 4.79 Å². The summed E-state index contributed by atoms with van der Waals surface area (Å²) in [6.45, 7) is 15.9. The van der Waals surface area contributed by atoms with Crippen LogP contribution in [0.25, 0.3) is 0 Å². The lowest BCUT2D eigenvalue weighted by atomic mass is 9.81. The van der Waals surface area contributed by atoms with Crippen LogP contribution in [0, 0.1) is 41.4 Å². The van der Waals surface area contributed by atoms with Gasteiger partial charge in [0.1, 0.15) is 12.2 Å². The minimum atomic E-state index is -1.00. The minimum Gasteiger partial charge on any atom is -0.462 e. The van der Waals surface area contributed by atoms with Crippen molar-refractivity contribution in [1.82, 2.24) is 0 Å². The summed E-state index contributed by atoms with van der Waals surface area (Å²) in [7, 11) is 0. The molecule has 43 heavy (non-hydrogen) atoms. The number of aliphatic hydroxyl groups excluding tert-OH is 5. The largest absolute Gasteiger partial charge is 0.462 e. The molecule has 1 amide bonds. The van der Waals surface area contributed by atoms with Crippen molar-refractivity contribution in [2.75, 3.05) is 6.61 Å². The van der Waals surface area contributed by atoms with E-state index in [0.717, 1.165) is 5.57 Å². The Morgan fingerprint density at radius 3 is 2.23 bits per heavy atom. The van der Waals surface area contributed by atoms with E-state index in [1.807, 2.05) is 33.8 Å². The van der Waals surface area contributed by atoms with E-state index >= 15 is 0 Å². The molecule has 1 heterocycles. The van der Waals surface area contributed by atoms with Crippen LogP contribution >= 0.6 is 0 Å². The third-order valence-electron chi connectivity index (χ3n) is 8.69. The lowest BCUT2D eigenvalue weighted by Crippen LogP contribution is -2.47. The Hall–Kier alpha value is -2.50. The van der Waals surface area contributed by atoms with Crippen LogP contribution < -0.4 is 5.73 Å². The molecule has 10 nitrogen and oxygen atoms in total. The smallest absolute Gasteiger partial charge is 0.404 e. The van der Waals surface area contributed by atoms with Gasteiger partial charge in [0.2, 0.25) is 0 Å². The molecule has 0 aromatic heterocycles. The highest BCUT2D eigenvalue weighted by Crippen LogP contribution is 2.30. The number of aliphatic hydroxyl groups is 5. The summed E-state index contributed by atoms with van der Waals surface area (Å²) in [4.78, 5) is 23.5. The quantitative estimate of drug-likeness (QED) is 0.0820. The van der Waals surface area contributed by atoms with Crippen LogP contribution in [0.5, 0.6) is 0 Å². The predicted molar refractivity (Wildman–Crippen MR) is 165 cm³/mol. The van der Waals surface area contributed by atoms with E-state index in [1.165, 1.54) is 0 Å². The first-order chi connectivity index (χ1) is 20.0. The second kappa shape index (κ2) is 18.3. The molecular weight excluding hydrogens is 554 g/mol. The third-order valence-corrected chi connectivity index (χ3v) is 8.69. The molecule has 13 atom stereocenters. The Bertz CT molecular complexity index is 979. The van der Waals surface area contributed by atoms with Gasteiger partial charge < -0.3 is 40.7 Å². The van der Waals surface area contributed by atoms with Gasteiger partial charge in [-0.2, -0.15) is 0 Å². The van der Waals surface area contributed by atoms with Crippen molar-refractivity contribution in [2.45, 2.75) is 97.9 Å². The Morgan fingerprint density at radius 2 is 1.67 bits per heavy atom. The summed E-state index contributed by atoms with van der Waals surface area (Å²) in [6, 6.07) is 0. The van der Waals surface area contributed by atoms with Crippen molar-refractivity contribution in [1.29, 1.82) is 0 Å². The van der Waals surface area contributed by atoms with Crippen LogP contribution in [0.3, 0.4) is 0 Å². The van der Waals surface area contributed by atoms with Crippen LogP contribution in [0.15, 0.2) is 48.6 Å². The molecule has 7 N–H and O–H groups in total. The number of allylic oxidation sites excluding steroid dienone is 3. The lowest BCUT2D eigenvalue weighted by molar-refractivity contribution is -0.179. The number of rotatable bonds is 17. The fourth-order valence-corrected chi connectivity index (χ4v) is 5.79. The van der Waals surface area contributed by atoms with Gasteiger partial charge in [-0.3, -0.25) is 4.79 Å². The average Bonchev–Trinajstić information content (AvgIpc) is 2.96. The van der Waals surface area contributed by atoms with Gasteiger partial charge in [0.25, 0.3) is 0 Å². The first kappa shape index (κ1) is 38.5. The minimum absolute atomic E-state index is 0.141. The Balaban J connectivity index is 2.83. The summed E-state index contributed by atoms with van der Waals surface area (Å²) >= 11 is 0. The zero-order valence-electron chi connectivity index (χ0n) is 26.7. The van der Waals surface area contributed by atoms with Crippen LogP contribution in [-0.2, 0) is 14.3 Å². The number of nitrogens with two attached hydrogens (primary N) is 1. The maximum Gasteiger partial charge on any atom is 0.404 e. The highest BCUT2D eigenvalue weighted by atomic mass is 16.6. The topological polar surface area (TPSA) is 180 Å². The zero-order valence-corrected chi connectivity index (χ0v) is 26.7. The van der Waals surface area contributed by atoms with Gasteiger partial charge >= 0.3 is 12.1 Å². The highest BCUT2D eigenvalue weighted by molar-refractivity contribution is 5.73. The van der Waals surface area contributed by atoms with Gasteiger partial charge in [0.15, 0.2) is 0 Å². The number of hydrogen-bond donors (Lipinski definition) is 6. The molecule has 1 saturated heterocycles. The van der Waals surface area contributed by atoms with Gasteiger partial charge in [-0.05, 0) is 20.3 Å². The number of amides is 1. The Morgan fingerprint density at radius 1 is 1.05 bits per heavy atom. The van der Waals surface area contributed by atoms with Crippen molar-refractivity contribution in [3.8, 4) is 0 Å². The standard InChI is InChI=1S/C33H55NO9/c1-9-10-11-20(4)31(43-33(34)41)23(7)30(39)25(17-35)15-18(2)14-21(5)28(37)19(3)12-13-26(36)16-27-22(6)29(38)24(8)32(40)42-27/h9-14,19-31,35-39H,1,15-17H2,2-8H3,(H2,34,41)/b11-10-,13-12-,18-14-/t19-,20-,21-,22-,23-,24+,25+,26+,27-,28-,29-,30-,31-/m0/s1. The SMILES string of the molecule is C=C/C=C\[C@H](C)[C@H](OC(N)=O)[C@@H](C)[C@H](O)[C@@H](CO)C/C(C)=C\[C@H](C)[C@@H](O)[C@@H](C)/C=C\[C@@H](O)C[C@@H]1OC(=O)[C@H](C)[C@@H](O)[C@H]1C. The van der Waals surface area contributed by atoms with Crippen LogP contribution in [0.2, 0.25) is 0 Å². The van der Waals surface area contributed by atoms with E-state index in [1.54, 1.807) is 51.2 Å². The number of esters is 1. The van der Waals surface area contributed by atoms with Crippen molar-refractivity contribution in [3.05, 3.63) is 48.6 Å². The van der Waals surface area contributed by atoms with Crippen LogP contribution in [0.1, 0.15) is 61.3 Å². The zero-order chi connectivity index (χ0) is 33.0. The summed E-state index contributed by atoms with van der Waals surface area (Å²) < 4.78 is 10.7. The number of primary amides is 1. The number of ether oxygens (including phenoxy) is 2. The average molecular weight is 610 g/mol. The monoisotopic (exact) mass is 609 g/mol. The summed E-state index contributed by atoms with van der Waals surface area (Å²) in [5, 5.41) is 52.9. The molecule has 0 aromatic rings. The number of cyclic esters (lactones) is 1. The fraction of sp³-hybridized carbons (Fsp3) is 0.697. The summed E-state index contributed by atoms with van der Waals surface area (Å²) in [5.41, 5.74) is 6.14. The molecule has 0 spiro atoms. The Kier molecular flexibility index (Phi) is 16.4. The Labute approximate surface area is 257 Å². The molecule has 1 rings (SSSR count). The molecule has 0 radical (unpaired) electrons. The first-order valence-electron chi connectivity index (χ1n) is 15.2. The second-order valence-corrected chi connectivity index (χ2v) is 12.4. The number of carbonyl (C=O) groups excluding carboxylic acids is 2. The predicted octanol–water partition coefficient (Wildman–Crippen LogP) is 3.27. The van der Waals surface area contributed by atoms with Crippen LogP contribution in [-0.4, -0.2) is 80.8 Å². The first-order valence-corrected chi connectivity index (χ1v) is 15.2. The maximum absolute atomic E-state index is 12.0. The number of hydrogen-bond acceptors (Lipinski definition) is 9. The van der Waals surface area contributed by atoms with E-state index in [9.17, 15) is 35.1 Å². The van der Waals surface area contributed by atoms with Crippen molar-refractivity contribution in [2.24, 2.45) is 47.2 Å². The molecule has 0 saturated carbocycles. The molecule has 0 unspecified atom stereocenters. The van der Waals surface area contributed by atoms with E-state index in [2.05, 4.69) is 6.58 Å². The van der Waals surface area contributed by atoms with Gasteiger partial charge in [0.05, 0.1) is 30.3 Å². The van der Waals surface area contributed by atoms with E-state index in [0.29, 0.717) is 6.42 Å². The van der Waals surface area contributed by atoms with Gasteiger partial charge in [-0.1, -0.05) is 83.2 Å². The van der Waals surface area contributed by atoms with E-state index < -0.39 is 66.4 Å². The van der Waals surface area contributed by atoms with Gasteiger partial charge in [-0.15, -0.1) is 0 Å². The maximum atomic E-state index is 12.0. The molecule has 0 bridgehead atoms. The highest BCUT2D eigenvalue weighted by Gasteiger charge is 2.41. The summed E-state index contributed by atoms with van der Waals surface area (Å²) in [5.74, 6) is -3.33. The normalized spacial score (nSPS) is 27.9. The second-order valence-electron chi connectivity index (χ2n) is 12.4. The number of carbonyl (C=O) groups is 2. The molecule has 0 aromatic carbocycles. The third kappa shape index (κ3) is 11.8. The molecule has 1 aliphatic heterocycles. The summed E-state index contributed by atoms with van der Waals surface area (Å²) in [6.07, 6.45) is 4.98. The lowest BCUT2D eigenvalue weighted by Gasteiger charge is -2.36. The van der Waals surface area contributed by atoms with E-state index in [4.69, 9.17) is 15.2 Å². The van der Waals surface area contributed by atoms with E-state index in [-0.39, 0.29) is 36.7 Å². The molecule has 246 valence electrons. The van der Waals surface area contributed by atoms with Gasteiger partial charge in [0, 0.05) is 48.5 Å². The molecule has 0 aliphatic carbocycles. The fourth-order valence-electron chi connectivity index (χ4n) is 5.79. The van der Waals surface area contributed by atoms with Crippen molar-refractivity contribution < 1.29 is 44.6 Å². The molecular formula is C33H55NO9. The van der Waals surface area contributed by atoms with Crippen molar-refractivity contribution in [3.63, 3.8) is 0 Å². The molecule has 10 heteroatoms. The van der Waals surface area contributed by atoms with Crippen LogP contribution in [0.4, 0.5) is 4.79 Å².